The van der Waals surface area contributed by atoms with Crippen molar-refractivity contribution in [2.75, 3.05) is 0 Å². The number of aliphatic hydroxyl groups is 1. The van der Waals surface area contributed by atoms with Crippen molar-refractivity contribution in [3.8, 4) is 0 Å². The molecule has 0 bridgehead atoms. The van der Waals surface area contributed by atoms with Crippen molar-refractivity contribution in [2.24, 2.45) is 0 Å². The molecule has 2 aromatic carbocycles. The minimum absolute atomic E-state index is 0.0417. The lowest BCUT2D eigenvalue weighted by atomic mass is 10.0. The molecule has 0 aliphatic rings. The third-order valence-corrected chi connectivity index (χ3v) is 3.78. The number of aryl methyl sites for hydroxylation is 2. The van der Waals surface area contributed by atoms with E-state index in [-0.39, 0.29) is 6.42 Å². The molecular weight excluding hydrogens is 294 g/mol. The zero-order valence-corrected chi connectivity index (χ0v) is 13.0. The quantitative estimate of drug-likeness (QED) is 0.693. The first kappa shape index (κ1) is 17.4. The average Bonchev–Trinajstić information content (AvgIpc) is 2.58. The minimum atomic E-state index is -3.19. The molecule has 0 aliphatic carbocycles. The Bertz CT molecular complexity index is 594. The topological polar surface area (TPSA) is 20.2 Å². The van der Waals surface area contributed by atoms with Gasteiger partial charge in [0.1, 0.15) is 6.10 Å². The largest absolute Gasteiger partial charge is 0.386 e. The molecule has 23 heavy (non-hydrogen) atoms. The summed E-state index contributed by atoms with van der Waals surface area (Å²) in [5.41, 5.74) is 2.07. The fraction of sp³-hybridized carbons (Fsp3) is 0.300. The highest BCUT2D eigenvalue weighted by atomic mass is 19.3. The van der Waals surface area contributed by atoms with Gasteiger partial charge in [-0.2, -0.15) is 8.78 Å². The SMILES string of the molecule is O[C@@H](CCc1ccccc1)C(F)(F)/C=C/CCc1ccccc1. The number of alkyl halides is 2. The van der Waals surface area contributed by atoms with Crippen molar-refractivity contribution in [3.63, 3.8) is 0 Å². The van der Waals surface area contributed by atoms with Crippen molar-refractivity contribution in [1.29, 1.82) is 0 Å². The van der Waals surface area contributed by atoms with Crippen molar-refractivity contribution in [2.45, 2.75) is 37.7 Å². The third-order valence-electron chi connectivity index (χ3n) is 3.78. The van der Waals surface area contributed by atoms with Gasteiger partial charge in [0.05, 0.1) is 0 Å². The van der Waals surface area contributed by atoms with Gasteiger partial charge in [-0.1, -0.05) is 66.7 Å². The first-order valence-corrected chi connectivity index (χ1v) is 7.89. The molecule has 0 radical (unpaired) electrons. The smallest absolute Gasteiger partial charge is 0.291 e. The van der Waals surface area contributed by atoms with Gasteiger partial charge >= 0.3 is 0 Å². The molecule has 2 rings (SSSR count). The van der Waals surface area contributed by atoms with Crippen LogP contribution in [0.25, 0.3) is 0 Å². The van der Waals surface area contributed by atoms with Crippen molar-refractivity contribution in [1.82, 2.24) is 0 Å². The number of halogens is 2. The first-order valence-electron chi connectivity index (χ1n) is 7.89. The molecule has 0 saturated heterocycles. The van der Waals surface area contributed by atoms with Crippen LogP contribution in [-0.4, -0.2) is 17.1 Å². The summed E-state index contributed by atoms with van der Waals surface area (Å²) in [5.74, 6) is -3.19. The molecule has 0 unspecified atom stereocenters. The van der Waals surface area contributed by atoms with E-state index in [0.29, 0.717) is 19.3 Å². The highest BCUT2D eigenvalue weighted by Gasteiger charge is 2.34. The van der Waals surface area contributed by atoms with E-state index in [1.807, 2.05) is 60.7 Å². The second kappa shape index (κ2) is 8.59. The van der Waals surface area contributed by atoms with E-state index in [1.54, 1.807) is 0 Å². The Labute approximate surface area is 136 Å². The van der Waals surface area contributed by atoms with Crippen LogP contribution in [-0.2, 0) is 12.8 Å². The van der Waals surface area contributed by atoms with Gasteiger partial charge in [-0.15, -0.1) is 0 Å². The normalized spacial score (nSPS) is 13.3. The van der Waals surface area contributed by atoms with Crippen LogP contribution in [0.4, 0.5) is 8.78 Å². The Morgan fingerprint density at radius 1 is 0.870 bits per heavy atom. The number of benzene rings is 2. The average molecular weight is 316 g/mol. The summed E-state index contributed by atoms with van der Waals surface area (Å²) < 4.78 is 27.8. The molecule has 0 aromatic heterocycles. The van der Waals surface area contributed by atoms with Crippen molar-refractivity contribution < 1.29 is 13.9 Å². The van der Waals surface area contributed by atoms with Gasteiger partial charge in [-0.25, -0.2) is 0 Å². The molecule has 2 aromatic rings. The number of hydrogen-bond acceptors (Lipinski definition) is 1. The Balaban J connectivity index is 1.78. The Morgan fingerprint density at radius 2 is 1.39 bits per heavy atom. The summed E-state index contributed by atoms with van der Waals surface area (Å²) in [4.78, 5) is 0. The molecule has 3 heteroatoms. The van der Waals surface area contributed by atoms with Gasteiger partial charge in [-0.05, 0) is 42.9 Å². The summed E-state index contributed by atoms with van der Waals surface area (Å²) in [6.45, 7) is 0. The number of allylic oxidation sites excluding steroid dienone is 1. The summed E-state index contributed by atoms with van der Waals surface area (Å²) >= 11 is 0. The standard InChI is InChI=1S/C20H22F2O/c21-20(22,16-8-7-13-17-9-3-1-4-10-17)19(23)15-14-18-11-5-2-6-12-18/h1-6,8-12,16,19,23H,7,13-15H2/b16-8+/t19-/m0/s1. The minimum Gasteiger partial charge on any atom is -0.386 e. The Hall–Kier alpha value is -2.00. The fourth-order valence-electron chi connectivity index (χ4n) is 2.39. The van der Waals surface area contributed by atoms with Crippen LogP contribution < -0.4 is 0 Å². The molecule has 1 N–H and O–H groups in total. The van der Waals surface area contributed by atoms with E-state index in [9.17, 15) is 13.9 Å². The highest BCUT2D eigenvalue weighted by Crippen LogP contribution is 2.24. The molecule has 1 nitrogen and oxygen atoms in total. The number of rotatable bonds is 8. The maximum Gasteiger partial charge on any atom is 0.291 e. The Kier molecular flexibility index (Phi) is 6.48. The fourth-order valence-corrected chi connectivity index (χ4v) is 2.39. The van der Waals surface area contributed by atoms with Crippen LogP contribution in [0, 0.1) is 0 Å². The predicted molar refractivity (Wildman–Crippen MR) is 89.6 cm³/mol. The molecule has 122 valence electrons. The van der Waals surface area contributed by atoms with Crippen LogP contribution in [0.5, 0.6) is 0 Å². The van der Waals surface area contributed by atoms with Gasteiger partial charge in [-0.3, -0.25) is 0 Å². The van der Waals surface area contributed by atoms with Crippen LogP contribution in [0.3, 0.4) is 0 Å². The van der Waals surface area contributed by atoms with Crippen LogP contribution in [0.15, 0.2) is 72.8 Å². The maximum absolute atomic E-state index is 13.9. The molecule has 0 saturated carbocycles. The summed E-state index contributed by atoms with van der Waals surface area (Å²) in [6, 6.07) is 19.1. The maximum atomic E-state index is 13.9. The molecule has 0 fully saturated rings. The van der Waals surface area contributed by atoms with Gasteiger partial charge < -0.3 is 5.11 Å². The summed E-state index contributed by atoms with van der Waals surface area (Å²) in [7, 11) is 0. The van der Waals surface area contributed by atoms with E-state index in [2.05, 4.69) is 0 Å². The van der Waals surface area contributed by atoms with Gasteiger partial charge in [0, 0.05) is 0 Å². The molecule has 1 atom stereocenters. The second-order valence-corrected chi connectivity index (χ2v) is 5.64. The van der Waals surface area contributed by atoms with Crippen LogP contribution in [0.2, 0.25) is 0 Å². The first-order chi connectivity index (χ1) is 11.1. The third kappa shape index (κ3) is 5.95. The van der Waals surface area contributed by atoms with Crippen molar-refractivity contribution >= 4 is 0 Å². The zero-order valence-electron chi connectivity index (χ0n) is 13.0. The summed E-state index contributed by atoms with van der Waals surface area (Å²) in [6.07, 6.45) is 2.37. The van der Waals surface area contributed by atoms with Crippen molar-refractivity contribution in [3.05, 3.63) is 83.9 Å². The van der Waals surface area contributed by atoms with Crippen LogP contribution in [0.1, 0.15) is 24.0 Å². The van der Waals surface area contributed by atoms with E-state index in [1.165, 1.54) is 6.08 Å². The Morgan fingerprint density at radius 3 is 1.96 bits per heavy atom. The van der Waals surface area contributed by atoms with E-state index in [4.69, 9.17) is 0 Å². The zero-order chi connectivity index (χ0) is 16.5. The number of hydrogen-bond donors (Lipinski definition) is 1. The number of aliphatic hydroxyl groups excluding tert-OH is 1. The molecular formula is C20H22F2O. The van der Waals surface area contributed by atoms with E-state index in [0.717, 1.165) is 17.2 Å². The molecule has 0 aliphatic heterocycles. The van der Waals surface area contributed by atoms with Gasteiger partial charge in [0.2, 0.25) is 0 Å². The van der Waals surface area contributed by atoms with Crippen LogP contribution >= 0.6 is 0 Å². The molecule has 0 spiro atoms. The monoisotopic (exact) mass is 316 g/mol. The van der Waals surface area contributed by atoms with Gasteiger partial charge in [0.25, 0.3) is 5.92 Å². The van der Waals surface area contributed by atoms with E-state index < -0.39 is 12.0 Å². The molecule has 0 amide bonds. The lowest BCUT2D eigenvalue weighted by Crippen LogP contribution is -2.31. The van der Waals surface area contributed by atoms with E-state index >= 15 is 0 Å². The lowest BCUT2D eigenvalue weighted by Gasteiger charge is -2.19. The van der Waals surface area contributed by atoms with Gasteiger partial charge in [0.15, 0.2) is 0 Å². The second-order valence-electron chi connectivity index (χ2n) is 5.64. The summed E-state index contributed by atoms with van der Waals surface area (Å²) in [5, 5.41) is 9.75. The lowest BCUT2D eigenvalue weighted by molar-refractivity contribution is -0.0724. The predicted octanol–water partition coefficient (Wildman–Crippen LogP) is 4.80. The molecule has 0 heterocycles. The highest BCUT2D eigenvalue weighted by molar-refractivity contribution is 5.16.